The maximum atomic E-state index is 11.3. The van der Waals surface area contributed by atoms with Crippen molar-refractivity contribution < 1.29 is 14.3 Å². The van der Waals surface area contributed by atoms with Crippen molar-refractivity contribution in [1.82, 2.24) is 0 Å². The number of benzene rings is 1. The maximum absolute atomic E-state index is 11.3. The Morgan fingerprint density at radius 2 is 2.07 bits per heavy atom. The minimum absolute atomic E-state index is 0.0484. The lowest BCUT2D eigenvalue weighted by molar-refractivity contribution is 0.0597. The third-order valence-corrected chi connectivity index (χ3v) is 2.20. The van der Waals surface area contributed by atoms with E-state index in [1.807, 2.05) is 0 Å². The van der Waals surface area contributed by atoms with Crippen LogP contribution in [-0.4, -0.2) is 20.2 Å². The molecule has 0 unspecified atom stereocenters. The molecule has 5 nitrogen and oxygen atoms in total. The second-order valence-electron chi connectivity index (χ2n) is 2.59. The van der Waals surface area contributed by atoms with Gasteiger partial charge in [0.2, 0.25) is 0 Å². The zero-order chi connectivity index (χ0) is 11.4. The summed E-state index contributed by atoms with van der Waals surface area (Å²) in [6.45, 7) is 0. The van der Waals surface area contributed by atoms with Crippen molar-refractivity contribution >= 4 is 27.6 Å². The highest BCUT2D eigenvalue weighted by Crippen LogP contribution is 2.35. The van der Waals surface area contributed by atoms with Gasteiger partial charge in [-0.1, -0.05) is 15.9 Å². The topological polar surface area (TPSA) is 65.0 Å². The summed E-state index contributed by atoms with van der Waals surface area (Å²) in [4.78, 5) is 21.8. The molecule has 0 amide bonds. The third kappa shape index (κ3) is 2.33. The summed E-state index contributed by atoms with van der Waals surface area (Å²) in [6, 6.07) is 2.96. The Balaban J connectivity index is 3.41. The van der Waals surface area contributed by atoms with Gasteiger partial charge in [0.1, 0.15) is 5.56 Å². The number of ether oxygens (including phenoxy) is 2. The van der Waals surface area contributed by atoms with Crippen molar-refractivity contribution in [3.05, 3.63) is 27.1 Å². The molecule has 6 heteroatoms. The Morgan fingerprint density at radius 1 is 1.40 bits per heavy atom. The van der Waals surface area contributed by atoms with Crippen LogP contribution in [0.2, 0.25) is 0 Å². The molecular weight excluding hydrogens is 266 g/mol. The van der Waals surface area contributed by atoms with Gasteiger partial charge >= 0.3 is 5.97 Å². The monoisotopic (exact) mass is 273 g/mol. The second kappa shape index (κ2) is 4.88. The lowest BCUT2D eigenvalue weighted by atomic mass is 10.2. The summed E-state index contributed by atoms with van der Waals surface area (Å²) in [5.74, 6) is -0.474. The number of esters is 1. The fourth-order valence-electron chi connectivity index (χ4n) is 1.12. The zero-order valence-corrected chi connectivity index (χ0v) is 9.70. The van der Waals surface area contributed by atoms with Gasteiger partial charge in [-0.2, -0.15) is 0 Å². The van der Waals surface area contributed by atoms with E-state index in [0.29, 0.717) is 4.47 Å². The Hall–Kier alpha value is -1.43. The normalized spacial score (nSPS) is 9.53. The lowest BCUT2D eigenvalue weighted by Crippen LogP contribution is -2.04. The Labute approximate surface area is 94.5 Å². The Kier molecular flexibility index (Phi) is 3.79. The van der Waals surface area contributed by atoms with E-state index in [2.05, 4.69) is 25.8 Å². The van der Waals surface area contributed by atoms with Crippen LogP contribution in [0.1, 0.15) is 10.4 Å². The van der Waals surface area contributed by atoms with Gasteiger partial charge in [0.05, 0.1) is 14.2 Å². The number of rotatable bonds is 3. The summed E-state index contributed by atoms with van der Waals surface area (Å²) in [6.07, 6.45) is 0. The summed E-state index contributed by atoms with van der Waals surface area (Å²) in [5.41, 5.74) is 0.205. The fourth-order valence-corrected chi connectivity index (χ4v) is 1.57. The number of hydrogen-bond acceptors (Lipinski definition) is 5. The summed E-state index contributed by atoms with van der Waals surface area (Å²) in [7, 11) is 2.60. The van der Waals surface area contributed by atoms with E-state index < -0.39 is 5.97 Å². The Morgan fingerprint density at radius 3 is 2.53 bits per heavy atom. The van der Waals surface area contributed by atoms with E-state index in [-0.39, 0.29) is 17.0 Å². The molecule has 80 valence electrons. The van der Waals surface area contributed by atoms with Crippen LogP contribution in [0.15, 0.2) is 21.8 Å². The van der Waals surface area contributed by atoms with Gasteiger partial charge in [0.15, 0.2) is 11.4 Å². The quantitative estimate of drug-likeness (QED) is 0.627. The van der Waals surface area contributed by atoms with E-state index >= 15 is 0 Å². The Bertz CT molecular complexity index is 405. The smallest absolute Gasteiger partial charge is 0.341 e. The number of nitrogens with zero attached hydrogens (tertiary/aromatic N) is 1. The van der Waals surface area contributed by atoms with E-state index in [0.717, 1.165) is 0 Å². The molecule has 0 spiro atoms. The van der Waals surface area contributed by atoms with Crippen molar-refractivity contribution in [2.24, 2.45) is 5.18 Å². The minimum Gasteiger partial charge on any atom is -0.493 e. The maximum Gasteiger partial charge on any atom is 0.341 e. The first-order chi connectivity index (χ1) is 7.13. The lowest BCUT2D eigenvalue weighted by Gasteiger charge is -2.08. The summed E-state index contributed by atoms with van der Waals surface area (Å²) >= 11 is 3.15. The number of nitroso groups, excluding NO2 is 1. The van der Waals surface area contributed by atoms with E-state index in [4.69, 9.17) is 4.74 Å². The van der Waals surface area contributed by atoms with Gasteiger partial charge in [-0.15, -0.1) is 4.91 Å². The predicted molar refractivity (Wildman–Crippen MR) is 57.5 cm³/mol. The highest BCUT2D eigenvalue weighted by Gasteiger charge is 2.18. The largest absolute Gasteiger partial charge is 0.493 e. The molecule has 1 aromatic carbocycles. The fraction of sp³-hybridized carbons (Fsp3) is 0.222. The average Bonchev–Trinajstić information content (AvgIpc) is 2.26. The van der Waals surface area contributed by atoms with Crippen LogP contribution in [-0.2, 0) is 4.74 Å². The number of carbonyl (C=O) groups excluding carboxylic acids is 1. The minimum atomic E-state index is -0.585. The molecule has 0 aliphatic rings. The molecule has 0 atom stereocenters. The van der Waals surface area contributed by atoms with Crippen molar-refractivity contribution in [3.63, 3.8) is 0 Å². The van der Waals surface area contributed by atoms with Crippen molar-refractivity contribution in [2.75, 3.05) is 14.2 Å². The van der Waals surface area contributed by atoms with Gasteiger partial charge in [0, 0.05) is 4.47 Å². The predicted octanol–water partition coefficient (Wildman–Crippen LogP) is 2.64. The van der Waals surface area contributed by atoms with E-state index in [9.17, 15) is 9.70 Å². The first-order valence-electron chi connectivity index (χ1n) is 3.93. The molecule has 0 N–H and O–H groups in total. The first-order valence-corrected chi connectivity index (χ1v) is 4.72. The molecule has 0 aliphatic carbocycles. The van der Waals surface area contributed by atoms with Crippen molar-refractivity contribution in [1.29, 1.82) is 0 Å². The van der Waals surface area contributed by atoms with Crippen molar-refractivity contribution in [3.8, 4) is 5.75 Å². The van der Waals surface area contributed by atoms with Gasteiger partial charge in [-0.05, 0) is 17.3 Å². The molecule has 0 aliphatic heterocycles. The molecule has 0 aromatic heterocycles. The highest BCUT2D eigenvalue weighted by atomic mass is 79.9. The molecule has 15 heavy (non-hydrogen) atoms. The molecule has 0 saturated carbocycles. The third-order valence-electron chi connectivity index (χ3n) is 1.74. The molecule has 1 aromatic rings. The second-order valence-corrected chi connectivity index (χ2v) is 3.50. The molecular formula is C9H8BrNO4. The van der Waals surface area contributed by atoms with Crippen LogP contribution in [0.25, 0.3) is 0 Å². The van der Waals surface area contributed by atoms with Gasteiger partial charge in [-0.3, -0.25) is 0 Å². The molecule has 0 radical (unpaired) electrons. The molecule has 0 saturated heterocycles. The molecule has 0 heterocycles. The number of methoxy groups -OCH3 is 2. The van der Waals surface area contributed by atoms with Gasteiger partial charge in [-0.25, -0.2) is 4.79 Å². The van der Waals surface area contributed by atoms with E-state index in [1.54, 1.807) is 0 Å². The van der Waals surface area contributed by atoms with Crippen LogP contribution in [0.5, 0.6) is 5.75 Å². The highest BCUT2D eigenvalue weighted by molar-refractivity contribution is 9.10. The van der Waals surface area contributed by atoms with E-state index in [1.165, 1.54) is 26.4 Å². The summed E-state index contributed by atoms with van der Waals surface area (Å²) < 4.78 is 10.0. The van der Waals surface area contributed by atoms with Crippen LogP contribution in [0, 0.1) is 4.91 Å². The van der Waals surface area contributed by atoms with Crippen LogP contribution >= 0.6 is 15.9 Å². The number of halogens is 1. The summed E-state index contributed by atoms with van der Waals surface area (Å²) in [5, 5.41) is 2.77. The van der Waals surface area contributed by atoms with Crippen molar-refractivity contribution in [2.45, 2.75) is 0 Å². The van der Waals surface area contributed by atoms with Gasteiger partial charge < -0.3 is 9.47 Å². The first kappa shape index (κ1) is 11.6. The standard InChI is InChI=1S/C9H8BrNO4/c1-14-8-6(9(12)15-2)3-5(10)4-7(8)11-13/h3-4H,1-2H3. The van der Waals surface area contributed by atoms with Crippen LogP contribution < -0.4 is 4.74 Å². The SMILES string of the molecule is COC(=O)c1cc(Br)cc(N=O)c1OC. The van der Waals surface area contributed by atoms with Crippen LogP contribution in [0.4, 0.5) is 5.69 Å². The average molecular weight is 274 g/mol. The number of carbonyl (C=O) groups is 1. The zero-order valence-electron chi connectivity index (χ0n) is 8.11. The van der Waals surface area contributed by atoms with Gasteiger partial charge in [0.25, 0.3) is 0 Å². The molecule has 1 rings (SSSR count). The molecule has 0 fully saturated rings. The molecule has 0 bridgehead atoms. The van der Waals surface area contributed by atoms with Crippen LogP contribution in [0.3, 0.4) is 0 Å². The number of hydrogen-bond donors (Lipinski definition) is 0.